The molecule has 2 aromatic carbocycles. The number of hydrogen-bond acceptors (Lipinski definition) is 5. The van der Waals surface area contributed by atoms with Gasteiger partial charge in [0.15, 0.2) is 0 Å². The predicted octanol–water partition coefficient (Wildman–Crippen LogP) is 2.85. The normalized spacial score (nSPS) is 11.1. The Morgan fingerprint density at radius 3 is 2.21 bits per heavy atom. The molecule has 7 nitrogen and oxygen atoms in total. The van der Waals surface area contributed by atoms with E-state index in [9.17, 15) is 14.9 Å². The summed E-state index contributed by atoms with van der Waals surface area (Å²) in [5.41, 5.74) is 7.12. The molecule has 124 valence electrons. The number of benzene rings is 2. The molecule has 0 heterocycles. The van der Waals surface area contributed by atoms with Crippen molar-refractivity contribution in [3.8, 4) is 0 Å². The minimum Gasteiger partial charge on any atom is -0.384 e. The molecule has 0 aromatic heterocycles. The molecule has 0 bridgehead atoms. The summed E-state index contributed by atoms with van der Waals surface area (Å²) in [7, 11) is 0. The number of nitrogens with two attached hydrogens (primary N) is 1. The highest BCUT2D eigenvalue weighted by Crippen LogP contribution is 2.13. The van der Waals surface area contributed by atoms with Gasteiger partial charge in [-0.05, 0) is 23.3 Å². The van der Waals surface area contributed by atoms with Crippen molar-refractivity contribution in [3.05, 3.63) is 74.8 Å². The van der Waals surface area contributed by atoms with Crippen LogP contribution in [0.3, 0.4) is 0 Å². The molecule has 2 rings (SSSR count). The first-order valence-corrected chi connectivity index (χ1v) is 7.32. The lowest BCUT2D eigenvalue weighted by molar-refractivity contribution is -0.384. The van der Waals surface area contributed by atoms with E-state index in [0.717, 1.165) is 5.56 Å². The van der Waals surface area contributed by atoms with Crippen molar-refractivity contribution in [2.24, 2.45) is 10.9 Å². The molecule has 0 saturated heterocycles. The van der Waals surface area contributed by atoms with Gasteiger partial charge in [0.2, 0.25) is 0 Å². The van der Waals surface area contributed by atoms with Crippen LogP contribution in [0.1, 0.15) is 11.1 Å². The van der Waals surface area contributed by atoms with E-state index in [0.29, 0.717) is 17.0 Å². The fourth-order valence-electron chi connectivity index (χ4n) is 1.89. The fourth-order valence-corrected chi connectivity index (χ4v) is 2.01. The number of non-ortho nitro benzene ring substituents is 1. The van der Waals surface area contributed by atoms with Gasteiger partial charge in [-0.25, -0.2) is 4.79 Å². The zero-order valence-electron chi connectivity index (χ0n) is 12.5. The second kappa shape index (κ2) is 8.07. The van der Waals surface area contributed by atoms with E-state index in [1.807, 2.05) is 0 Å². The molecule has 8 heteroatoms. The number of nitro benzene ring substituents is 1. The lowest BCUT2D eigenvalue weighted by Gasteiger charge is -2.02. The van der Waals surface area contributed by atoms with Crippen LogP contribution in [0.25, 0.3) is 0 Å². The Labute approximate surface area is 142 Å². The van der Waals surface area contributed by atoms with Crippen molar-refractivity contribution in [1.82, 2.24) is 0 Å². The lowest BCUT2D eigenvalue weighted by Crippen LogP contribution is -2.17. The summed E-state index contributed by atoms with van der Waals surface area (Å²) in [6.07, 6.45) is 0.262. The Hall–Kier alpha value is -2.93. The number of nitro groups is 1. The number of rotatable bonds is 6. The molecule has 0 amide bonds. The van der Waals surface area contributed by atoms with Gasteiger partial charge in [0.05, 0.1) is 11.3 Å². The Morgan fingerprint density at radius 1 is 1.08 bits per heavy atom. The maximum Gasteiger partial charge on any atom is 0.339 e. The van der Waals surface area contributed by atoms with E-state index >= 15 is 0 Å². The largest absolute Gasteiger partial charge is 0.384 e. The third-order valence-electron chi connectivity index (χ3n) is 3.06. The highest BCUT2D eigenvalue weighted by molar-refractivity contribution is 6.30. The minimum absolute atomic E-state index is 0.0441. The molecule has 0 fully saturated rings. The quantitative estimate of drug-likeness (QED) is 0.284. The molecular weight excluding hydrogens is 334 g/mol. The van der Waals surface area contributed by atoms with Crippen molar-refractivity contribution in [1.29, 1.82) is 0 Å². The highest BCUT2D eigenvalue weighted by Gasteiger charge is 2.09. The Kier molecular flexibility index (Phi) is 5.86. The molecule has 0 saturated carbocycles. The molecule has 24 heavy (non-hydrogen) atoms. The topological polar surface area (TPSA) is 108 Å². The Bertz CT molecular complexity index is 758. The van der Waals surface area contributed by atoms with E-state index in [-0.39, 0.29) is 17.9 Å². The Morgan fingerprint density at radius 2 is 1.62 bits per heavy atom. The molecule has 0 unspecified atom stereocenters. The van der Waals surface area contributed by atoms with Crippen LogP contribution < -0.4 is 5.73 Å². The van der Waals surface area contributed by atoms with Gasteiger partial charge in [0.1, 0.15) is 5.84 Å². The van der Waals surface area contributed by atoms with Gasteiger partial charge >= 0.3 is 5.97 Å². The third kappa shape index (κ3) is 5.36. The second-order valence-electron chi connectivity index (χ2n) is 4.95. The molecule has 0 radical (unpaired) electrons. The van der Waals surface area contributed by atoms with E-state index in [1.54, 1.807) is 24.3 Å². The second-order valence-corrected chi connectivity index (χ2v) is 5.39. The van der Waals surface area contributed by atoms with Gasteiger partial charge < -0.3 is 10.6 Å². The average Bonchev–Trinajstić information content (AvgIpc) is 2.55. The predicted molar refractivity (Wildman–Crippen MR) is 89.7 cm³/mol. The maximum absolute atomic E-state index is 11.7. The molecule has 0 aliphatic heterocycles. The first kappa shape index (κ1) is 17.4. The van der Waals surface area contributed by atoms with Crippen molar-refractivity contribution >= 4 is 29.1 Å². The standard InChI is InChI=1S/C16H14ClN3O4/c17-13-5-1-11(2-6-13)9-15(18)19-24-16(21)10-12-3-7-14(8-4-12)20(22)23/h1-8H,9-10H2,(H2,18,19). The van der Waals surface area contributed by atoms with Crippen LogP contribution in [0.2, 0.25) is 5.02 Å². The summed E-state index contributed by atoms with van der Waals surface area (Å²) >= 11 is 5.79. The van der Waals surface area contributed by atoms with Crippen LogP contribution in [0.15, 0.2) is 53.7 Å². The molecule has 2 N–H and O–H groups in total. The number of carbonyl (C=O) groups is 1. The van der Waals surface area contributed by atoms with E-state index in [4.69, 9.17) is 22.2 Å². The van der Waals surface area contributed by atoms with Crippen molar-refractivity contribution < 1.29 is 14.6 Å². The number of oxime groups is 1. The fraction of sp³-hybridized carbons (Fsp3) is 0.125. The van der Waals surface area contributed by atoms with Gasteiger partial charge in [-0.1, -0.05) is 41.0 Å². The van der Waals surface area contributed by atoms with Crippen LogP contribution in [0.5, 0.6) is 0 Å². The van der Waals surface area contributed by atoms with Crippen molar-refractivity contribution in [2.75, 3.05) is 0 Å². The first-order chi connectivity index (χ1) is 11.4. The molecule has 0 aliphatic rings. The van der Waals surface area contributed by atoms with Crippen LogP contribution >= 0.6 is 11.6 Å². The highest BCUT2D eigenvalue weighted by atomic mass is 35.5. The summed E-state index contributed by atoms with van der Waals surface area (Å²) in [6.45, 7) is 0. The number of halogens is 1. The van der Waals surface area contributed by atoms with E-state index in [2.05, 4.69) is 5.16 Å². The van der Waals surface area contributed by atoms with Gasteiger partial charge in [-0.3, -0.25) is 10.1 Å². The summed E-state index contributed by atoms with van der Waals surface area (Å²) in [4.78, 5) is 26.5. The van der Waals surface area contributed by atoms with Crippen molar-refractivity contribution in [2.45, 2.75) is 12.8 Å². The summed E-state index contributed by atoms with van der Waals surface area (Å²) < 4.78 is 0. The maximum atomic E-state index is 11.7. The number of carbonyl (C=O) groups excluding carboxylic acids is 1. The SMILES string of the molecule is NC(Cc1ccc(Cl)cc1)=NOC(=O)Cc1ccc([N+](=O)[O-])cc1. The van der Waals surface area contributed by atoms with Gasteiger partial charge in [-0.15, -0.1) is 0 Å². The van der Waals surface area contributed by atoms with E-state index < -0.39 is 10.9 Å². The van der Waals surface area contributed by atoms with Gasteiger partial charge in [-0.2, -0.15) is 0 Å². The Balaban J connectivity index is 1.87. The van der Waals surface area contributed by atoms with E-state index in [1.165, 1.54) is 24.3 Å². The number of hydrogen-bond donors (Lipinski definition) is 1. The number of amidine groups is 1. The number of nitrogens with zero attached hydrogens (tertiary/aromatic N) is 2. The molecule has 0 aliphatic carbocycles. The molecular formula is C16H14ClN3O4. The minimum atomic E-state index is -0.608. The first-order valence-electron chi connectivity index (χ1n) is 6.94. The zero-order chi connectivity index (χ0) is 17.5. The lowest BCUT2D eigenvalue weighted by atomic mass is 10.1. The summed E-state index contributed by atoms with van der Waals surface area (Å²) in [5, 5.41) is 14.8. The monoisotopic (exact) mass is 347 g/mol. The summed E-state index contributed by atoms with van der Waals surface area (Å²) in [6, 6.07) is 12.7. The van der Waals surface area contributed by atoms with Gasteiger partial charge in [0.25, 0.3) is 5.69 Å². The van der Waals surface area contributed by atoms with Crippen LogP contribution in [-0.2, 0) is 22.5 Å². The summed E-state index contributed by atoms with van der Waals surface area (Å²) in [5.74, 6) is -0.461. The zero-order valence-corrected chi connectivity index (χ0v) is 13.3. The molecule has 0 spiro atoms. The van der Waals surface area contributed by atoms with Crippen LogP contribution in [-0.4, -0.2) is 16.7 Å². The smallest absolute Gasteiger partial charge is 0.339 e. The average molecular weight is 348 g/mol. The van der Waals surface area contributed by atoms with Crippen molar-refractivity contribution in [3.63, 3.8) is 0 Å². The van der Waals surface area contributed by atoms with Crippen LogP contribution in [0, 0.1) is 10.1 Å². The van der Waals surface area contributed by atoms with Gasteiger partial charge in [0, 0.05) is 23.6 Å². The van der Waals surface area contributed by atoms with Crippen LogP contribution in [0.4, 0.5) is 5.69 Å². The molecule has 2 aromatic rings. The molecule has 0 atom stereocenters. The third-order valence-corrected chi connectivity index (χ3v) is 3.31.